The van der Waals surface area contributed by atoms with Crippen molar-refractivity contribution in [1.82, 2.24) is 4.90 Å². The van der Waals surface area contributed by atoms with E-state index in [1.54, 1.807) is 4.90 Å². The number of nitrogens with zero attached hydrogens (tertiary/aromatic N) is 1. The molecule has 2 saturated heterocycles. The van der Waals surface area contributed by atoms with Gasteiger partial charge in [-0.3, -0.25) is 4.79 Å². The van der Waals surface area contributed by atoms with E-state index < -0.39 is 28.9 Å². The van der Waals surface area contributed by atoms with Crippen LogP contribution in [0.15, 0.2) is 12.1 Å². The van der Waals surface area contributed by atoms with E-state index in [9.17, 15) is 18.0 Å². The van der Waals surface area contributed by atoms with Gasteiger partial charge < -0.3 is 10.6 Å². The molecule has 0 aromatic heterocycles. The first-order valence-electron chi connectivity index (χ1n) is 6.70. The van der Waals surface area contributed by atoms with Gasteiger partial charge in [-0.2, -0.15) is 0 Å². The first kappa shape index (κ1) is 13.4. The van der Waals surface area contributed by atoms with Crippen LogP contribution in [-0.4, -0.2) is 28.9 Å². The Bertz CT molecular complexity index is 550. The predicted octanol–water partition coefficient (Wildman–Crippen LogP) is 2.20. The van der Waals surface area contributed by atoms with Gasteiger partial charge in [-0.25, -0.2) is 13.2 Å². The van der Waals surface area contributed by atoms with E-state index in [0.717, 1.165) is 25.0 Å². The summed E-state index contributed by atoms with van der Waals surface area (Å²) in [5.74, 6) is -4.87. The summed E-state index contributed by atoms with van der Waals surface area (Å²) in [6.45, 7) is 0. The van der Waals surface area contributed by atoms with Gasteiger partial charge in [-0.1, -0.05) is 0 Å². The highest BCUT2D eigenvalue weighted by Gasteiger charge is 2.43. The third-order valence-electron chi connectivity index (χ3n) is 4.27. The Morgan fingerprint density at radius 2 is 1.70 bits per heavy atom. The van der Waals surface area contributed by atoms with Gasteiger partial charge in [-0.15, -0.1) is 0 Å². The molecule has 2 heterocycles. The quantitative estimate of drug-likeness (QED) is 0.804. The maximum absolute atomic E-state index is 13.7. The van der Waals surface area contributed by atoms with E-state index in [-0.39, 0.29) is 18.1 Å². The molecule has 2 bridgehead atoms. The second kappa shape index (κ2) is 4.77. The molecule has 1 aromatic carbocycles. The van der Waals surface area contributed by atoms with Crippen molar-refractivity contribution in [1.29, 1.82) is 0 Å². The molecule has 2 N–H and O–H groups in total. The van der Waals surface area contributed by atoms with Gasteiger partial charge in [0.25, 0.3) is 5.91 Å². The minimum atomic E-state index is -1.60. The van der Waals surface area contributed by atoms with Crippen molar-refractivity contribution in [2.75, 3.05) is 0 Å². The summed E-state index contributed by atoms with van der Waals surface area (Å²) in [6.07, 6.45) is 3.01. The van der Waals surface area contributed by atoms with Gasteiger partial charge in [0, 0.05) is 18.1 Å². The second-order valence-corrected chi connectivity index (χ2v) is 5.55. The van der Waals surface area contributed by atoms with E-state index in [1.165, 1.54) is 0 Å². The summed E-state index contributed by atoms with van der Waals surface area (Å²) >= 11 is 0. The van der Waals surface area contributed by atoms with Crippen LogP contribution >= 0.6 is 0 Å². The summed E-state index contributed by atoms with van der Waals surface area (Å²) in [6, 6.07) is 1.78. The highest BCUT2D eigenvalue weighted by molar-refractivity contribution is 5.95. The Labute approximate surface area is 114 Å². The van der Waals surface area contributed by atoms with Crippen molar-refractivity contribution < 1.29 is 18.0 Å². The monoisotopic (exact) mass is 284 g/mol. The molecule has 2 aliphatic heterocycles. The zero-order chi connectivity index (χ0) is 14.4. The smallest absolute Gasteiger partial charge is 0.257 e. The fourth-order valence-corrected chi connectivity index (χ4v) is 3.38. The number of carbonyl (C=O) groups is 1. The molecular formula is C14H15F3N2O. The maximum Gasteiger partial charge on any atom is 0.257 e. The highest BCUT2D eigenvalue weighted by Crippen LogP contribution is 2.36. The Balaban J connectivity index is 1.92. The summed E-state index contributed by atoms with van der Waals surface area (Å²) in [7, 11) is 0. The minimum Gasteiger partial charge on any atom is -0.332 e. The Morgan fingerprint density at radius 3 is 2.30 bits per heavy atom. The van der Waals surface area contributed by atoms with Crippen molar-refractivity contribution in [3.63, 3.8) is 0 Å². The number of nitrogens with two attached hydrogens (primary N) is 1. The fraction of sp³-hybridized carbons (Fsp3) is 0.500. The van der Waals surface area contributed by atoms with Crippen molar-refractivity contribution in [2.24, 2.45) is 5.73 Å². The number of rotatable bonds is 1. The third-order valence-corrected chi connectivity index (χ3v) is 4.27. The number of fused-ring (bicyclic) bond motifs is 2. The number of amides is 1. The summed E-state index contributed by atoms with van der Waals surface area (Å²) in [5.41, 5.74) is 5.50. The topological polar surface area (TPSA) is 46.3 Å². The normalized spacial score (nSPS) is 28.8. The van der Waals surface area contributed by atoms with Crippen LogP contribution in [0.4, 0.5) is 13.2 Å². The van der Waals surface area contributed by atoms with Gasteiger partial charge in [0.15, 0.2) is 17.5 Å². The van der Waals surface area contributed by atoms with Gasteiger partial charge in [-0.05, 0) is 37.8 Å². The molecule has 1 aromatic rings. The lowest BCUT2D eigenvalue weighted by atomic mass is 9.97. The number of piperidine rings is 1. The molecule has 3 rings (SSSR count). The van der Waals surface area contributed by atoms with Crippen LogP contribution in [0.25, 0.3) is 0 Å². The molecule has 0 aliphatic carbocycles. The van der Waals surface area contributed by atoms with Crippen molar-refractivity contribution in [3.8, 4) is 0 Å². The lowest BCUT2D eigenvalue weighted by molar-refractivity contribution is 0.0569. The SMILES string of the molecule is NC1CC2CCC(C1)N2C(=O)c1ccc(F)c(F)c1F. The molecular weight excluding hydrogens is 269 g/mol. The average molecular weight is 284 g/mol. The van der Waals surface area contributed by atoms with E-state index in [2.05, 4.69) is 0 Å². The number of benzene rings is 1. The molecule has 0 radical (unpaired) electrons. The van der Waals surface area contributed by atoms with Gasteiger partial charge in [0.2, 0.25) is 0 Å². The lowest BCUT2D eigenvalue weighted by Gasteiger charge is -2.37. The van der Waals surface area contributed by atoms with Crippen LogP contribution in [0.3, 0.4) is 0 Å². The molecule has 2 atom stereocenters. The lowest BCUT2D eigenvalue weighted by Crippen LogP contribution is -2.50. The number of hydrogen-bond acceptors (Lipinski definition) is 2. The molecule has 2 aliphatic rings. The minimum absolute atomic E-state index is 0.0243. The average Bonchev–Trinajstić information content (AvgIpc) is 2.68. The Kier molecular flexibility index (Phi) is 3.20. The Hall–Kier alpha value is -1.56. The zero-order valence-corrected chi connectivity index (χ0v) is 10.8. The highest BCUT2D eigenvalue weighted by atomic mass is 19.2. The van der Waals surface area contributed by atoms with Crippen LogP contribution in [-0.2, 0) is 0 Å². The van der Waals surface area contributed by atoms with Crippen molar-refractivity contribution >= 4 is 5.91 Å². The molecule has 3 nitrogen and oxygen atoms in total. The van der Waals surface area contributed by atoms with E-state index in [1.807, 2.05) is 0 Å². The molecule has 2 unspecified atom stereocenters. The standard InChI is InChI=1S/C14H15F3N2O/c15-11-4-3-10(12(16)13(11)17)14(20)19-8-1-2-9(19)6-7(18)5-8/h3-4,7-9H,1-2,5-6,18H2. The zero-order valence-electron chi connectivity index (χ0n) is 10.8. The van der Waals surface area contributed by atoms with E-state index in [4.69, 9.17) is 5.73 Å². The molecule has 2 fully saturated rings. The van der Waals surface area contributed by atoms with Crippen LogP contribution in [0.1, 0.15) is 36.0 Å². The van der Waals surface area contributed by atoms with Crippen LogP contribution in [0.5, 0.6) is 0 Å². The molecule has 1 amide bonds. The fourth-order valence-electron chi connectivity index (χ4n) is 3.38. The van der Waals surface area contributed by atoms with Crippen LogP contribution in [0.2, 0.25) is 0 Å². The molecule has 20 heavy (non-hydrogen) atoms. The molecule has 108 valence electrons. The molecule has 0 saturated carbocycles. The number of carbonyl (C=O) groups excluding carboxylic acids is 1. The summed E-state index contributed by atoms with van der Waals surface area (Å²) in [5, 5.41) is 0. The second-order valence-electron chi connectivity index (χ2n) is 5.55. The van der Waals surface area contributed by atoms with Crippen molar-refractivity contribution in [3.05, 3.63) is 35.1 Å². The molecule has 0 spiro atoms. The predicted molar refractivity (Wildman–Crippen MR) is 66.5 cm³/mol. The van der Waals surface area contributed by atoms with Crippen molar-refractivity contribution in [2.45, 2.75) is 43.8 Å². The van der Waals surface area contributed by atoms with E-state index in [0.29, 0.717) is 12.8 Å². The maximum atomic E-state index is 13.7. The number of hydrogen-bond donors (Lipinski definition) is 1. The van der Waals surface area contributed by atoms with Crippen LogP contribution < -0.4 is 5.73 Å². The van der Waals surface area contributed by atoms with Gasteiger partial charge in [0.05, 0.1) is 5.56 Å². The first-order valence-corrected chi connectivity index (χ1v) is 6.70. The summed E-state index contributed by atoms with van der Waals surface area (Å²) < 4.78 is 39.9. The van der Waals surface area contributed by atoms with Crippen LogP contribution in [0, 0.1) is 17.5 Å². The Morgan fingerprint density at radius 1 is 1.10 bits per heavy atom. The molecule has 6 heteroatoms. The number of halogens is 3. The first-order chi connectivity index (χ1) is 9.49. The third kappa shape index (κ3) is 1.98. The van der Waals surface area contributed by atoms with Gasteiger partial charge in [0.1, 0.15) is 0 Å². The van der Waals surface area contributed by atoms with Gasteiger partial charge >= 0.3 is 0 Å². The van der Waals surface area contributed by atoms with E-state index >= 15 is 0 Å². The summed E-state index contributed by atoms with van der Waals surface area (Å²) in [4.78, 5) is 14.0. The largest absolute Gasteiger partial charge is 0.332 e.